The molecule has 0 unspecified atom stereocenters. The van der Waals surface area contributed by atoms with E-state index in [1.54, 1.807) is 4.40 Å². The smallest absolute Gasteiger partial charge is 0.261 e. The lowest BCUT2D eigenvalue weighted by molar-refractivity contribution is 0.0729. The number of fused-ring (bicyclic) bond motifs is 1. The molecule has 0 atom stereocenters. The number of morpholine rings is 1. The SMILES string of the molecule is Cc1cn2c(S(=O)(=O)N3CCOCC3)c(C(C)C)nc2s1. The normalized spacial score (nSPS) is 17.9. The summed E-state index contributed by atoms with van der Waals surface area (Å²) in [6.07, 6.45) is 1.85. The van der Waals surface area contributed by atoms with Crippen molar-refractivity contribution in [2.24, 2.45) is 0 Å². The molecule has 0 amide bonds. The molecule has 3 rings (SSSR count). The third-order valence-electron chi connectivity index (χ3n) is 3.52. The number of hydrogen-bond acceptors (Lipinski definition) is 5. The first kappa shape index (κ1) is 15.0. The zero-order valence-electron chi connectivity index (χ0n) is 12.4. The van der Waals surface area contributed by atoms with Gasteiger partial charge in [0.05, 0.1) is 18.9 Å². The highest BCUT2D eigenvalue weighted by Gasteiger charge is 2.33. The van der Waals surface area contributed by atoms with Crippen LogP contribution in [0.3, 0.4) is 0 Å². The van der Waals surface area contributed by atoms with E-state index in [-0.39, 0.29) is 5.92 Å². The van der Waals surface area contributed by atoms with E-state index in [0.717, 1.165) is 9.84 Å². The van der Waals surface area contributed by atoms with Crippen molar-refractivity contribution in [2.45, 2.75) is 31.7 Å². The van der Waals surface area contributed by atoms with E-state index in [0.29, 0.717) is 37.0 Å². The number of imidazole rings is 1. The van der Waals surface area contributed by atoms with Gasteiger partial charge in [0.25, 0.3) is 10.0 Å². The van der Waals surface area contributed by atoms with Gasteiger partial charge in [-0.2, -0.15) is 4.31 Å². The number of aryl methyl sites for hydroxylation is 1. The summed E-state index contributed by atoms with van der Waals surface area (Å²) in [5, 5.41) is 0.318. The quantitative estimate of drug-likeness (QED) is 0.862. The van der Waals surface area contributed by atoms with E-state index in [1.165, 1.54) is 15.6 Å². The Morgan fingerprint density at radius 1 is 1.33 bits per heavy atom. The topological polar surface area (TPSA) is 63.9 Å². The van der Waals surface area contributed by atoms with E-state index < -0.39 is 10.0 Å². The van der Waals surface area contributed by atoms with E-state index in [1.807, 2.05) is 27.0 Å². The van der Waals surface area contributed by atoms with Gasteiger partial charge >= 0.3 is 0 Å². The highest BCUT2D eigenvalue weighted by molar-refractivity contribution is 7.89. The Morgan fingerprint density at radius 3 is 2.62 bits per heavy atom. The average Bonchev–Trinajstić information content (AvgIpc) is 2.95. The molecular formula is C13H19N3O3S2. The Morgan fingerprint density at radius 2 is 2.00 bits per heavy atom. The summed E-state index contributed by atoms with van der Waals surface area (Å²) in [6, 6.07) is 0. The van der Waals surface area contributed by atoms with Gasteiger partial charge in [0.1, 0.15) is 0 Å². The standard InChI is InChI=1S/C13H19N3O3S2/c1-9(2)11-12(16-8-10(3)20-13(16)14-11)21(17,18)15-4-6-19-7-5-15/h8-9H,4-7H2,1-3H3. The van der Waals surface area contributed by atoms with Crippen LogP contribution in [0.25, 0.3) is 4.96 Å². The third-order valence-corrected chi connectivity index (χ3v) is 6.36. The molecule has 1 saturated heterocycles. The molecule has 8 heteroatoms. The van der Waals surface area contributed by atoms with Crippen LogP contribution in [0.2, 0.25) is 0 Å². The summed E-state index contributed by atoms with van der Waals surface area (Å²) < 4.78 is 34.5. The maximum absolute atomic E-state index is 13.0. The fraction of sp³-hybridized carbons (Fsp3) is 0.615. The Labute approximate surface area is 128 Å². The van der Waals surface area contributed by atoms with E-state index in [9.17, 15) is 8.42 Å². The second kappa shape index (κ2) is 5.35. The molecule has 0 radical (unpaired) electrons. The zero-order chi connectivity index (χ0) is 15.2. The Bertz CT molecular complexity index is 755. The first-order valence-electron chi connectivity index (χ1n) is 6.97. The van der Waals surface area contributed by atoms with Crippen LogP contribution in [0.4, 0.5) is 0 Å². The van der Waals surface area contributed by atoms with Crippen LogP contribution in [0, 0.1) is 6.92 Å². The summed E-state index contributed by atoms with van der Waals surface area (Å²) in [5.74, 6) is 0.0585. The van der Waals surface area contributed by atoms with Crippen molar-refractivity contribution in [3.8, 4) is 0 Å². The predicted molar refractivity (Wildman–Crippen MR) is 81.5 cm³/mol. The van der Waals surface area contributed by atoms with E-state index in [4.69, 9.17) is 4.74 Å². The molecule has 0 aliphatic carbocycles. The average molecular weight is 329 g/mol. The number of rotatable bonds is 3. The Hall–Kier alpha value is -0.960. The molecule has 116 valence electrons. The number of aromatic nitrogens is 2. The van der Waals surface area contributed by atoms with Gasteiger partial charge in [-0.15, -0.1) is 11.3 Å². The van der Waals surface area contributed by atoms with Crippen LogP contribution in [0.15, 0.2) is 11.2 Å². The van der Waals surface area contributed by atoms with Gasteiger partial charge in [-0.25, -0.2) is 13.4 Å². The molecule has 0 bridgehead atoms. The number of ether oxygens (including phenoxy) is 1. The molecular weight excluding hydrogens is 310 g/mol. The number of thiazole rings is 1. The molecule has 21 heavy (non-hydrogen) atoms. The van der Waals surface area contributed by atoms with Crippen LogP contribution in [0.1, 0.15) is 30.3 Å². The van der Waals surface area contributed by atoms with Crippen molar-refractivity contribution in [2.75, 3.05) is 26.3 Å². The van der Waals surface area contributed by atoms with Crippen molar-refractivity contribution in [3.05, 3.63) is 16.8 Å². The second-order valence-electron chi connectivity index (χ2n) is 5.47. The van der Waals surface area contributed by atoms with E-state index >= 15 is 0 Å². The van der Waals surface area contributed by atoms with Gasteiger partial charge in [-0.3, -0.25) is 4.40 Å². The molecule has 3 heterocycles. The van der Waals surface area contributed by atoms with Crippen LogP contribution in [0.5, 0.6) is 0 Å². The fourth-order valence-electron chi connectivity index (χ4n) is 2.49. The fourth-order valence-corrected chi connectivity index (χ4v) is 5.19. The second-order valence-corrected chi connectivity index (χ2v) is 8.53. The first-order chi connectivity index (χ1) is 9.91. The van der Waals surface area contributed by atoms with Crippen molar-refractivity contribution < 1.29 is 13.2 Å². The lowest BCUT2D eigenvalue weighted by Gasteiger charge is -2.26. The van der Waals surface area contributed by atoms with Crippen LogP contribution < -0.4 is 0 Å². The van der Waals surface area contributed by atoms with Crippen molar-refractivity contribution in [3.63, 3.8) is 0 Å². The number of nitrogens with zero attached hydrogens (tertiary/aromatic N) is 3. The molecule has 0 N–H and O–H groups in total. The highest BCUT2D eigenvalue weighted by Crippen LogP contribution is 2.30. The van der Waals surface area contributed by atoms with Gasteiger partial charge < -0.3 is 4.74 Å². The van der Waals surface area contributed by atoms with Gasteiger partial charge in [0.2, 0.25) is 0 Å². The molecule has 6 nitrogen and oxygen atoms in total. The Kier molecular flexibility index (Phi) is 3.81. The summed E-state index contributed by atoms with van der Waals surface area (Å²) in [5.41, 5.74) is 0.646. The lowest BCUT2D eigenvalue weighted by Crippen LogP contribution is -2.41. The maximum Gasteiger partial charge on any atom is 0.261 e. The summed E-state index contributed by atoms with van der Waals surface area (Å²) in [6.45, 7) is 7.59. The molecule has 2 aromatic rings. The van der Waals surface area contributed by atoms with Gasteiger partial charge in [0.15, 0.2) is 9.99 Å². The largest absolute Gasteiger partial charge is 0.379 e. The molecule has 0 spiro atoms. The molecule has 0 aromatic carbocycles. The Balaban J connectivity index is 2.18. The number of hydrogen-bond donors (Lipinski definition) is 0. The van der Waals surface area contributed by atoms with Crippen LogP contribution >= 0.6 is 11.3 Å². The van der Waals surface area contributed by atoms with Crippen molar-refractivity contribution >= 4 is 26.3 Å². The highest BCUT2D eigenvalue weighted by atomic mass is 32.2. The molecule has 1 fully saturated rings. The monoisotopic (exact) mass is 329 g/mol. The molecule has 1 aliphatic rings. The van der Waals surface area contributed by atoms with Gasteiger partial charge in [-0.1, -0.05) is 13.8 Å². The maximum atomic E-state index is 13.0. The van der Waals surface area contributed by atoms with Crippen molar-refractivity contribution in [1.29, 1.82) is 0 Å². The van der Waals surface area contributed by atoms with E-state index in [2.05, 4.69) is 4.98 Å². The summed E-state index contributed by atoms with van der Waals surface area (Å²) >= 11 is 1.51. The zero-order valence-corrected chi connectivity index (χ0v) is 14.0. The van der Waals surface area contributed by atoms with Crippen molar-refractivity contribution in [1.82, 2.24) is 13.7 Å². The summed E-state index contributed by atoms with van der Waals surface area (Å²) in [4.78, 5) is 6.32. The predicted octanol–water partition coefficient (Wildman–Crippen LogP) is 1.85. The minimum absolute atomic E-state index is 0.0585. The molecule has 1 aliphatic heterocycles. The third kappa shape index (κ3) is 2.50. The minimum atomic E-state index is -3.55. The first-order valence-corrected chi connectivity index (χ1v) is 9.23. The summed E-state index contributed by atoms with van der Waals surface area (Å²) in [7, 11) is -3.55. The van der Waals surface area contributed by atoms with Crippen LogP contribution in [-0.2, 0) is 14.8 Å². The van der Waals surface area contributed by atoms with Crippen LogP contribution in [-0.4, -0.2) is 48.4 Å². The van der Waals surface area contributed by atoms with Gasteiger partial charge in [-0.05, 0) is 12.8 Å². The number of sulfonamides is 1. The molecule has 0 saturated carbocycles. The minimum Gasteiger partial charge on any atom is -0.379 e. The lowest BCUT2D eigenvalue weighted by atomic mass is 10.2. The molecule has 2 aromatic heterocycles. The van der Waals surface area contributed by atoms with Gasteiger partial charge in [0, 0.05) is 24.2 Å².